The number of Topliss-reactive ketones (excluding diaryl/α,β-unsaturated/α-hetero) is 1. The Morgan fingerprint density at radius 1 is 1.03 bits per heavy atom. The molecule has 3 saturated heterocycles. The molecule has 3 aliphatic heterocycles. The van der Waals surface area contributed by atoms with Crippen LogP contribution in [0.5, 0.6) is 0 Å². The van der Waals surface area contributed by atoms with Gasteiger partial charge in [-0.1, -0.05) is 29.3 Å². The summed E-state index contributed by atoms with van der Waals surface area (Å²) in [7, 11) is 0. The number of fused-ring (bicyclic) bond motifs is 3. The number of halogens is 1. The van der Waals surface area contributed by atoms with Gasteiger partial charge in [0.05, 0.1) is 12.2 Å². The number of nitrogens with zero attached hydrogens (tertiary/aromatic N) is 1. The van der Waals surface area contributed by atoms with Crippen molar-refractivity contribution in [3.63, 3.8) is 0 Å². The highest BCUT2D eigenvalue weighted by Gasteiger charge is 2.68. The van der Waals surface area contributed by atoms with Crippen LogP contribution in [0.3, 0.4) is 0 Å². The van der Waals surface area contributed by atoms with Crippen LogP contribution in [0, 0.1) is 25.7 Å². The lowest BCUT2D eigenvalue weighted by Gasteiger charge is -2.26. The Balaban J connectivity index is 1.56. The van der Waals surface area contributed by atoms with Crippen molar-refractivity contribution in [1.82, 2.24) is 0 Å². The fraction of sp³-hybridized carbons (Fsp3) is 0.375. The Kier molecular flexibility index (Phi) is 4.56. The second-order valence-corrected chi connectivity index (χ2v) is 9.21. The zero-order chi connectivity index (χ0) is 21.2. The highest BCUT2D eigenvalue weighted by atomic mass is 35.5. The van der Waals surface area contributed by atoms with Gasteiger partial charge in [-0.15, -0.1) is 0 Å². The average Bonchev–Trinajstić information content (AvgIpc) is 3.35. The molecule has 0 spiro atoms. The van der Waals surface area contributed by atoms with Gasteiger partial charge in [-0.3, -0.25) is 14.4 Å². The van der Waals surface area contributed by atoms with Gasteiger partial charge in [-0.25, -0.2) is 4.90 Å². The lowest BCUT2D eigenvalue weighted by molar-refractivity contribution is -0.915. The second kappa shape index (κ2) is 7.03. The summed E-state index contributed by atoms with van der Waals surface area (Å²) in [5, 5.41) is 0.565. The van der Waals surface area contributed by atoms with E-state index < -0.39 is 17.9 Å². The number of hydrogen-bond acceptors (Lipinski definition) is 3. The molecule has 2 aromatic carbocycles. The van der Waals surface area contributed by atoms with Crippen molar-refractivity contribution in [3.8, 4) is 0 Å². The van der Waals surface area contributed by atoms with Crippen molar-refractivity contribution in [2.24, 2.45) is 11.8 Å². The molecule has 6 heteroatoms. The predicted octanol–water partition coefficient (Wildman–Crippen LogP) is 2.37. The van der Waals surface area contributed by atoms with Crippen molar-refractivity contribution < 1.29 is 19.3 Å². The first-order valence-corrected chi connectivity index (χ1v) is 10.9. The molecule has 154 valence electrons. The van der Waals surface area contributed by atoms with Crippen molar-refractivity contribution in [3.05, 3.63) is 64.2 Å². The monoisotopic (exact) mass is 423 g/mol. The number of amides is 2. The molecule has 3 heterocycles. The third-order valence-electron chi connectivity index (χ3n) is 7.05. The van der Waals surface area contributed by atoms with Gasteiger partial charge in [0.25, 0.3) is 0 Å². The number of carbonyl (C=O) groups is 3. The number of hydrogen-bond donors (Lipinski definition) is 1. The summed E-state index contributed by atoms with van der Waals surface area (Å²) >= 11 is 5.99. The van der Waals surface area contributed by atoms with E-state index in [-0.39, 0.29) is 23.6 Å². The van der Waals surface area contributed by atoms with Crippen molar-refractivity contribution in [2.75, 3.05) is 11.4 Å². The molecule has 0 saturated carbocycles. The number of rotatable bonds is 3. The van der Waals surface area contributed by atoms with Crippen molar-refractivity contribution in [2.45, 2.75) is 38.8 Å². The van der Waals surface area contributed by atoms with E-state index in [0.29, 0.717) is 16.3 Å². The van der Waals surface area contributed by atoms with Gasteiger partial charge in [-0.05, 0) is 49.7 Å². The van der Waals surface area contributed by atoms with Gasteiger partial charge in [0.2, 0.25) is 17.6 Å². The highest BCUT2D eigenvalue weighted by molar-refractivity contribution is 6.30. The summed E-state index contributed by atoms with van der Waals surface area (Å²) in [6.45, 7) is 4.73. The SMILES string of the molecule is Cc1ccc(N2C(=O)[C@@H]3[C@H](C2=O)[C@@H]2CCC[NH+]2[C@@H]3C(=O)c2ccc(Cl)cc2)c(C)c1. The van der Waals surface area contributed by atoms with E-state index in [9.17, 15) is 14.4 Å². The maximum Gasteiger partial charge on any atom is 0.244 e. The third kappa shape index (κ3) is 2.76. The lowest BCUT2D eigenvalue weighted by Crippen LogP contribution is -3.16. The van der Waals surface area contributed by atoms with Crippen LogP contribution in [0.2, 0.25) is 5.02 Å². The van der Waals surface area contributed by atoms with Crippen LogP contribution in [-0.2, 0) is 9.59 Å². The summed E-state index contributed by atoms with van der Waals surface area (Å²) in [6, 6.07) is 12.1. The number of nitrogens with one attached hydrogen (secondary N) is 1. The van der Waals surface area contributed by atoms with Gasteiger partial charge >= 0.3 is 0 Å². The Hall–Kier alpha value is -2.50. The first kappa shape index (κ1) is 19.5. The fourth-order valence-electron chi connectivity index (χ4n) is 5.83. The summed E-state index contributed by atoms with van der Waals surface area (Å²) in [4.78, 5) is 43.0. The van der Waals surface area contributed by atoms with Crippen molar-refractivity contribution >= 4 is 34.9 Å². The van der Waals surface area contributed by atoms with Crippen LogP contribution in [-0.4, -0.2) is 36.2 Å². The molecule has 2 amide bonds. The van der Waals surface area contributed by atoms with E-state index in [1.165, 1.54) is 4.90 Å². The third-order valence-corrected chi connectivity index (χ3v) is 7.30. The summed E-state index contributed by atoms with van der Waals surface area (Å²) in [5.74, 6) is -1.46. The normalized spacial score (nSPS) is 30.0. The van der Waals surface area contributed by atoms with Gasteiger partial charge in [0.15, 0.2) is 6.04 Å². The fourth-order valence-corrected chi connectivity index (χ4v) is 5.95. The first-order valence-electron chi connectivity index (χ1n) is 10.5. The molecular weight excluding hydrogens is 400 g/mol. The minimum atomic E-state index is -0.596. The highest BCUT2D eigenvalue weighted by Crippen LogP contribution is 2.41. The maximum absolute atomic E-state index is 13.6. The smallest absolute Gasteiger partial charge is 0.244 e. The summed E-state index contributed by atoms with van der Waals surface area (Å²) in [5.41, 5.74) is 3.17. The number of carbonyl (C=O) groups excluding carboxylic acids is 3. The number of anilines is 1. The Morgan fingerprint density at radius 3 is 2.43 bits per heavy atom. The van der Waals surface area contributed by atoms with E-state index in [4.69, 9.17) is 11.6 Å². The minimum absolute atomic E-state index is 0.0310. The number of benzene rings is 2. The zero-order valence-electron chi connectivity index (χ0n) is 17.0. The Labute approximate surface area is 180 Å². The van der Waals surface area contributed by atoms with Gasteiger partial charge < -0.3 is 4.90 Å². The number of quaternary nitrogens is 1. The van der Waals surface area contributed by atoms with Crippen LogP contribution < -0.4 is 9.80 Å². The predicted molar refractivity (Wildman–Crippen MR) is 114 cm³/mol. The van der Waals surface area contributed by atoms with Crippen LogP contribution in [0.1, 0.15) is 34.3 Å². The Morgan fingerprint density at radius 2 is 1.73 bits per heavy atom. The molecule has 0 aromatic heterocycles. The van der Waals surface area contributed by atoms with Crippen LogP contribution in [0.25, 0.3) is 0 Å². The van der Waals surface area contributed by atoms with Gasteiger partial charge in [-0.2, -0.15) is 0 Å². The Bertz CT molecular complexity index is 1060. The summed E-state index contributed by atoms with van der Waals surface area (Å²) in [6.07, 6.45) is 1.85. The molecular formula is C24H24ClN2O3+. The van der Waals surface area contributed by atoms with Crippen LogP contribution >= 0.6 is 11.6 Å². The summed E-state index contributed by atoms with van der Waals surface area (Å²) < 4.78 is 0. The quantitative estimate of drug-likeness (QED) is 0.609. The van der Waals surface area contributed by atoms with E-state index in [1.807, 2.05) is 32.0 Å². The molecule has 0 radical (unpaired) electrons. The van der Waals surface area contributed by atoms with Gasteiger partial charge in [0, 0.05) is 23.4 Å². The van der Waals surface area contributed by atoms with Crippen LogP contribution in [0.15, 0.2) is 42.5 Å². The van der Waals surface area contributed by atoms with Crippen molar-refractivity contribution in [1.29, 1.82) is 0 Å². The number of ketones is 1. The van der Waals surface area contributed by atoms with E-state index in [0.717, 1.165) is 35.4 Å². The zero-order valence-corrected chi connectivity index (χ0v) is 17.8. The first-order chi connectivity index (χ1) is 14.4. The molecule has 30 heavy (non-hydrogen) atoms. The van der Waals surface area contributed by atoms with E-state index in [2.05, 4.69) is 0 Å². The molecule has 0 aliphatic carbocycles. The molecule has 3 fully saturated rings. The lowest BCUT2D eigenvalue weighted by atomic mass is 9.85. The maximum atomic E-state index is 13.6. The molecule has 0 bridgehead atoms. The molecule has 5 atom stereocenters. The molecule has 3 aliphatic rings. The average molecular weight is 424 g/mol. The van der Waals surface area contributed by atoms with Crippen LogP contribution in [0.4, 0.5) is 5.69 Å². The number of aryl methyl sites for hydroxylation is 2. The van der Waals surface area contributed by atoms with E-state index in [1.54, 1.807) is 24.3 Å². The second-order valence-electron chi connectivity index (χ2n) is 8.78. The minimum Gasteiger partial charge on any atom is -0.322 e. The van der Waals surface area contributed by atoms with Gasteiger partial charge in [0.1, 0.15) is 17.9 Å². The molecule has 2 aromatic rings. The molecule has 1 N–H and O–H groups in total. The standard InChI is InChI=1S/C24H23ClN2O3/c1-13-5-10-17(14(2)12-13)27-23(29)19-18-4-3-11-26(18)21(20(19)24(27)30)22(28)15-6-8-16(25)9-7-15/h5-10,12,18-21H,3-4,11H2,1-2H3/p+1/t18-,19+,20+,21-/m0/s1. The topological polar surface area (TPSA) is 58.9 Å². The van der Waals surface area contributed by atoms with E-state index >= 15 is 0 Å². The molecule has 5 rings (SSSR count). The molecule has 1 unspecified atom stereocenters. The largest absolute Gasteiger partial charge is 0.322 e. The number of imide groups is 1. The molecule has 5 nitrogen and oxygen atoms in total.